The molecule has 0 aliphatic rings. The lowest BCUT2D eigenvalue weighted by Crippen LogP contribution is -2.03. The summed E-state index contributed by atoms with van der Waals surface area (Å²) in [4.78, 5) is 3.78. The van der Waals surface area contributed by atoms with Crippen molar-refractivity contribution in [3.63, 3.8) is 0 Å². The van der Waals surface area contributed by atoms with Gasteiger partial charge >= 0.3 is 0 Å². The van der Waals surface area contributed by atoms with E-state index in [2.05, 4.69) is 20.9 Å². The molecule has 0 bridgehead atoms. The summed E-state index contributed by atoms with van der Waals surface area (Å²) < 4.78 is 0.633. The van der Waals surface area contributed by atoms with Crippen molar-refractivity contribution >= 4 is 27.5 Å². The van der Waals surface area contributed by atoms with Gasteiger partial charge in [-0.3, -0.25) is 0 Å². The molecular weight excluding hydrogens is 245 g/mol. The molecule has 12 heavy (non-hydrogen) atoms. The smallest absolute Gasteiger partial charge is 0.129 e. The first-order valence-corrected chi connectivity index (χ1v) is 4.42. The van der Waals surface area contributed by atoms with E-state index < -0.39 is 6.10 Å². The second-order valence-electron chi connectivity index (χ2n) is 2.23. The van der Waals surface area contributed by atoms with Crippen LogP contribution < -0.4 is 0 Å². The molecule has 1 atom stereocenters. The van der Waals surface area contributed by atoms with E-state index in [1.54, 1.807) is 0 Å². The SMILES string of the molecule is OCC(O)c1cc(Cl)ncc1Br. The number of nitrogens with zero attached hydrogens (tertiary/aromatic N) is 1. The molecule has 0 amide bonds. The van der Waals surface area contributed by atoms with Gasteiger partial charge in [0.05, 0.1) is 6.61 Å². The Morgan fingerprint density at radius 2 is 2.33 bits per heavy atom. The molecule has 0 radical (unpaired) electrons. The molecule has 2 N–H and O–H groups in total. The molecule has 5 heteroatoms. The summed E-state index contributed by atoms with van der Waals surface area (Å²) in [6, 6.07) is 1.51. The zero-order valence-electron chi connectivity index (χ0n) is 6.04. The number of aliphatic hydroxyl groups excluding tert-OH is 2. The summed E-state index contributed by atoms with van der Waals surface area (Å²) in [6.45, 7) is -0.334. The van der Waals surface area contributed by atoms with Crippen molar-refractivity contribution in [1.29, 1.82) is 0 Å². The maximum Gasteiger partial charge on any atom is 0.129 e. The number of hydrogen-bond donors (Lipinski definition) is 2. The minimum atomic E-state index is -0.917. The highest BCUT2D eigenvalue weighted by atomic mass is 79.9. The Labute approximate surface area is 83.1 Å². The Bertz CT molecular complexity index is 282. The zero-order chi connectivity index (χ0) is 9.14. The summed E-state index contributed by atoms with van der Waals surface area (Å²) in [6.07, 6.45) is 0.566. The van der Waals surface area contributed by atoms with Crippen molar-refractivity contribution in [3.05, 3.63) is 27.5 Å². The first-order valence-electron chi connectivity index (χ1n) is 3.25. The fourth-order valence-electron chi connectivity index (χ4n) is 0.781. The van der Waals surface area contributed by atoms with E-state index in [0.717, 1.165) is 0 Å². The molecule has 0 fully saturated rings. The van der Waals surface area contributed by atoms with Gasteiger partial charge in [-0.15, -0.1) is 0 Å². The molecule has 1 unspecified atom stereocenters. The largest absolute Gasteiger partial charge is 0.393 e. The first kappa shape index (κ1) is 9.92. The van der Waals surface area contributed by atoms with Crippen molar-refractivity contribution in [2.24, 2.45) is 0 Å². The minimum Gasteiger partial charge on any atom is -0.393 e. The van der Waals surface area contributed by atoms with Crippen LogP contribution >= 0.6 is 27.5 Å². The standard InChI is InChI=1S/C7H7BrClNO2/c8-5-2-10-7(9)1-4(5)6(12)3-11/h1-2,6,11-12H,3H2. The Balaban J connectivity index is 3.04. The highest BCUT2D eigenvalue weighted by molar-refractivity contribution is 9.10. The lowest BCUT2D eigenvalue weighted by Gasteiger charge is -2.08. The van der Waals surface area contributed by atoms with E-state index in [-0.39, 0.29) is 6.61 Å². The third-order valence-corrected chi connectivity index (χ3v) is 2.25. The maximum absolute atomic E-state index is 9.27. The summed E-state index contributed by atoms with van der Waals surface area (Å²) in [7, 11) is 0. The van der Waals surface area contributed by atoms with Gasteiger partial charge in [0.2, 0.25) is 0 Å². The fraction of sp³-hybridized carbons (Fsp3) is 0.286. The van der Waals surface area contributed by atoms with Crippen LogP contribution in [-0.4, -0.2) is 21.8 Å². The van der Waals surface area contributed by atoms with Gasteiger partial charge in [0.15, 0.2) is 0 Å². The Kier molecular flexibility index (Phi) is 3.46. The predicted octanol–water partition coefficient (Wildman–Crippen LogP) is 1.52. The van der Waals surface area contributed by atoms with Crippen LogP contribution in [0.5, 0.6) is 0 Å². The number of aliphatic hydroxyl groups is 2. The van der Waals surface area contributed by atoms with E-state index in [9.17, 15) is 5.11 Å². The van der Waals surface area contributed by atoms with Crippen LogP contribution in [0, 0.1) is 0 Å². The quantitative estimate of drug-likeness (QED) is 0.785. The number of aromatic nitrogens is 1. The van der Waals surface area contributed by atoms with E-state index in [4.69, 9.17) is 16.7 Å². The molecule has 1 aromatic heterocycles. The summed E-state index contributed by atoms with van der Waals surface area (Å²) in [5.41, 5.74) is 0.539. The van der Waals surface area contributed by atoms with Gasteiger partial charge in [-0.25, -0.2) is 4.98 Å². The number of rotatable bonds is 2. The van der Waals surface area contributed by atoms with E-state index in [1.807, 2.05) is 0 Å². The first-order chi connectivity index (χ1) is 5.65. The van der Waals surface area contributed by atoms with Crippen molar-refractivity contribution < 1.29 is 10.2 Å². The third kappa shape index (κ3) is 2.17. The van der Waals surface area contributed by atoms with Gasteiger partial charge in [0.1, 0.15) is 11.3 Å². The predicted molar refractivity (Wildman–Crippen MR) is 49.0 cm³/mol. The van der Waals surface area contributed by atoms with Crippen LogP contribution in [0.15, 0.2) is 16.7 Å². The van der Waals surface area contributed by atoms with Gasteiger partial charge in [-0.1, -0.05) is 11.6 Å². The molecule has 0 aliphatic carbocycles. The molecule has 1 aromatic rings. The molecule has 66 valence electrons. The molecular formula is C7H7BrClNO2. The molecule has 1 rings (SSSR count). The molecule has 0 aliphatic heterocycles. The number of halogens is 2. The summed E-state index contributed by atoms with van der Waals surface area (Å²) in [5.74, 6) is 0. The fourth-order valence-corrected chi connectivity index (χ4v) is 1.43. The van der Waals surface area contributed by atoms with Crippen molar-refractivity contribution in [1.82, 2.24) is 4.98 Å². The second kappa shape index (κ2) is 4.18. The minimum absolute atomic E-state index is 0.292. The van der Waals surface area contributed by atoms with Crippen molar-refractivity contribution in [3.8, 4) is 0 Å². The lowest BCUT2D eigenvalue weighted by atomic mass is 10.2. The van der Waals surface area contributed by atoms with Gasteiger partial charge in [0.25, 0.3) is 0 Å². The topological polar surface area (TPSA) is 53.4 Å². The number of pyridine rings is 1. The van der Waals surface area contributed by atoms with Crippen LogP contribution in [0.3, 0.4) is 0 Å². The van der Waals surface area contributed by atoms with Gasteiger partial charge < -0.3 is 10.2 Å². The summed E-state index contributed by atoms with van der Waals surface area (Å²) in [5, 5.41) is 18.2. The van der Waals surface area contributed by atoms with Gasteiger partial charge in [0, 0.05) is 16.2 Å². The van der Waals surface area contributed by atoms with Crippen LogP contribution in [0.2, 0.25) is 5.15 Å². The Morgan fingerprint density at radius 3 is 2.92 bits per heavy atom. The molecule has 3 nitrogen and oxygen atoms in total. The van der Waals surface area contributed by atoms with E-state index in [0.29, 0.717) is 15.2 Å². The van der Waals surface area contributed by atoms with Crippen molar-refractivity contribution in [2.75, 3.05) is 6.61 Å². The summed E-state index contributed by atoms with van der Waals surface area (Å²) >= 11 is 8.77. The average molecular weight is 252 g/mol. The van der Waals surface area contributed by atoms with E-state index in [1.165, 1.54) is 12.3 Å². The molecule has 0 aromatic carbocycles. The molecule has 0 spiro atoms. The average Bonchev–Trinajstić information content (AvgIpc) is 2.08. The number of hydrogen-bond acceptors (Lipinski definition) is 3. The lowest BCUT2D eigenvalue weighted by molar-refractivity contribution is 0.0950. The Morgan fingerprint density at radius 1 is 1.67 bits per heavy atom. The maximum atomic E-state index is 9.27. The molecule has 1 heterocycles. The van der Waals surface area contributed by atoms with Crippen LogP contribution in [0.1, 0.15) is 11.7 Å². The van der Waals surface area contributed by atoms with Crippen LogP contribution in [-0.2, 0) is 0 Å². The molecule has 0 saturated heterocycles. The van der Waals surface area contributed by atoms with Gasteiger partial charge in [-0.2, -0.15) is 0 Å². The van der Waals surface area contributed by atoms with E-state index >= 15 is 0 Å². The van der Waals surface area contributed by atoms with Crippen LogP contribution in [0.4, 0.5) is 0 Å². The third-order valence-electron chi connectivity index (χ3n) is 1.38. The normalized spacial score (nSPS) is 13.0. The molecule has 0 saturated carbocycles. The van der Waals surface area contributed by atoms with Crippen molar-refractivity contribution in [2.45, 2.75) is 6.10 Å². The van der Waals surface area contributed by atoms with Gasteiger partial charge in [-0.05, 0) is 22.0 Å². The highest BCUT2D eigenvalue weighted by Crippen LogP contribution is 2.24. The van der Waals surface area contributed by atoms with Crippen LogP contribution in [0.25, 0.3) is 0 Å². The zero-order valence-corrected chi connectivity index (χ0v) is 8.38. The Hall–Kier alpha value is -0.160. The second-order valence-corrected chi connectivity index (χ2v) is 3.47. The highest BCUT2D eigenvalue weighted by Gasteiger charge is 2.10. The monoisotopic (exact) mass is 251 g/mol.